The summed E-state index contributed by atoms with van der Waals surface area (Å²) in [5.74, 6) is -2.79. The number of carbonyl (C=O) groups is 3. The van der Waals surface area contributed by atoms with E-state index in [1.807, 2.05) is 48.5 Å². The van der Waals surface area contributed by atoms with Gasteiger partial charge < -0.3 is 0 Å². The predicted molar refractivity (Wildman–Crippen MR) is 154 cm³/mol. The van der Waals surface area contributed by atoms with Crippen molar-refractivity contribution in [2.45, 2.75) is 11.3 Å². The van der Waals surface area contributed by atoms with Crippen LogP contribution in [-0.2, 0) is 15.0 Å². The molecular weight excluding hydrogens is 545 g/mol. The van der Waals surface area contributed by atoms with Gasteiger partial charge in [-0.2, -0.15) is 5.10 Å². The van der Waals surface area contributed by atoms with E-state index in [1.165, 1.54) is 4.90 Å². The molecule has 3 aliphatic carbocycles. The molecule has 3 amide bonds. The van der Waals surface area contributed by atoms with Gasteiger partial charge in [-0.25, -0.2) is 10.3 Å². The first-order valence-corrected chi connectivity index (χ1v) is 13.6. The first-order chi connectivity index (χ1) is 19.4. The van der Waals surface area contributed by atoms with E-state index in [9.17, 15) is 14.4 Å². The van der Waals surface area contributed by atoms with Gasteiger partial charge in [0.1, 0.15) is 0 Å². The molecule has 1 heterocycles. The highest BCUT2D eigenvalue weighted by atomic mass is 35.5. The fourth-order valence-corrected chi connectivity index (χ4v) is 7.13. The van der Waals surface area contributed by atoms with E-state index in [0.29, 0.717) is 21.3 Å². The Kier molecular flexibility index (Phi) is 5.66. The van der Waals surface area contributed by atoms with E-state index >= 15 is 0 Å². The van der Waals surface area contributed by atoms with Gasteiger partial charge in [-0.15, -0.1) is 0 Å². The molecule has 8 rings (SSSR count). The molecule has 0 saturated carbocycles. The molecule has 6 nitrogen and oxygen atoms in total. The van der Waals surface area contributed by atoms with E-state index in [-0.39, 0.29) is 17.7 Å². The Labute approximate surface area is 240 Å². The number of para-hydroxylation sites is 1. The lowest BCUT2D eigenvalue weighted by atomic mass is 9.47. The second kappa shape index (κ2) is 9.15. The fourth-order valence-electron chi connectivity index (χ4n) is 6.78. The molecule has 4 aromatic carbocycles. The number of benzene rings is 4. The van der Waals surface area contributed by atoms with Gasteiger partial charge in [0, 0.05) is 22.7 Å². The summed E-state index contributed by atoms with van der Waals surface area (Å²) in [6, 6.07) is 29.1. The average Bonchev–Trinajstić information content (AvgIpc) is 3.24. The number of anilines is 1. The zero-order chi connectivity index (χ0) is 27.6. The summed E-state index contributed by atoms with van der Waals surface area (Å²) in [6.45, 7) is 0. The normalized spacial score (nSPS) is 24.1. The Bertz CT molecular complexity index is 1700. The Morgan fingerprint density at radius 3 is 2.05 bits per heavy atom. The van der Waals surface area contributed by atoms with Crippen molar-refractivity contribution in [1.82, 2.24) is 5.43 Å². The van der Waals surface area contributed by atoms with Gasteiger partial charge >= 0.3 is 0 Å². The van der Waals surface area contributed by atoms with Crippen molar-refractivity contribution >= 4 is 52.8 Å². The van der Waals surface area contributed by atoms with Crippen molar-refractivity contribution in [2.24, 2.45) is 16.9 Å². The standard InChI is InChI=1S/C32H21Cl2N3O3/c33-19-15-13-18(14-16-19)29(38)36-35-17-32-22-9-3-1-7-20(22)26(21-8-2-4-10-23(21)32)27-28(32)31(40)37(30(27)39)25-12-6-5-11-24(25)34/h1-17,26-28H,(H,36,38)/b35-17-/t26?,27-,28+,32?/m0/s1. The molecule has 2 bridgehead atoms. The highest BCUT2D eigenvalue weighted by molar-refractivity contribution is 6.36. The van der Waals surface area contributed by atoms with Crippen molar-refractivity contribution in [1.29, 1.82) is 0 Å². The number of nitrogens with one attached hydrogen (secondary N) is 1. The summed E-state index contributed by atoms with van der Waals surface area (Å²) in [6.07, 6.45) is 1.63. The van der Waals surface area contributed by atoms with Gasteiger partial charge in [-0.1, -0.05) is 83.9 Å². The maximum atomic E-state index is 14.4. The Morgan fingerprint density at radius 2 is 1.40 bits per heavy atom. The highest BCUT2D eigenvalue weighted by Gasteiger charge is 2.68. The average molecular weight is 566 g/mol. The van der Waals surface area contributed by atoms with Gasteiger partial charge in [0.05, 0.1) is 28.0 Å². The molecule has 0 unspecified atom stereocenters. The van der Waals surface area contributed by atoms with Crippen LogP contribution in [0.5, 0.6) is 0 Å². The monoisotopic (exact) mass is 565 g/mol. The molecule has 4 aliphatic rings. The molecule has 8 heteroatoms. The third-order valence-electron chi connectivity index (χ3n) is 8.32. The molecule has 0 aromatic heterocycles. The molecule has 1 fully saturated rings. The fraction of sp³-hybridized carbons (Fsp3) is 0.125. The van der Waals surface area contributed by atoms with E-state index in [2.05, 4.69) is 10.5 Å². The lowest BCUT2D eigenvalue weighted by Gasteiger charge is -2.52. The van der Waals surface area contributed by atoms with Crippen molar-refractivity contribution in [3.05, 3.63) is 135 Å². The molecule has 0 spiro atoms. The third kappa shape index (κ3) is 3.36. The Balaban J connectivity index is 1.41. The van der Waals surface area contributed by atoms with Crippen LogP contribution in [0.4, 0.5) is 5.69 Å². The van der Waals surface area contributed by atoms with Gasteiger partial charge in [-0.3, -0.25) is 14.4 Å². The topological polar surface area (TPSA) is 78.8 Å². The maximum absolute atomic E-state index is 14.4. The lowest BCUT2D eigenvalue weighted by Crippen LogP contribution is -2.54. The molecule has 1 N–H and O–H groups in total. The zero-order valence-electron chi connectivity index (χ0n) is 20.9. The molecule has 0 radical (unpaired) electrons. The van der Waals surface area contributed by atoms with Crippen molar-refractivity contribution in [3.63, 3.8) is 0 Å². The quantitative estimate of drug-likeness (QED) is 0.188. The van der Waals surface area contributed by atoms with Gasteiger partial charge in [-0.05, 0) is 58.7 Å². The van der Waals surface area contributed by atoms with Gasteiger partial charge in [0.2, 0.25) is 11.8 Å². The molecule has 4 aromatic rings. The molecule has 196 valence electrons. The van der Waals surface area contributed by atoms with Gasteiger partial charge in [0.15, 0.2) is 0 Å². The van der Waals surface area contributed by atoms with E-state index in [1.54, 1.807) is 54.7 Å². The summed E-state index contributed by atoms with van der Waals surface area (Å²) >= 11 is 12.5. The number of imide groups is 1. The van der Waals surface area contributed by atoms with Crippen LogP contribution in [0.1, 0.15) is 38.5 Å². The largest absolute Gasteiger partial charge is 0.274 e. The molecule has 1 saturated heterocycles. The van der Waals surface area contributed by atoms with Crippen LogP contribution in [0.15, 0.2) is 102 Å². The first-order valence-electron chi connectivity index (χ1n) is 12.8. The zero-order valence-corrected chi connectivity index (χ0v) is 22.4. The predicted octanol–water partition coefficient (Wildman–Crippen LogP) is 5.96. The number of rotatable bonds is 4. The second-order valence-electron chi connectivity index (χ2n) is 10.2. The molecular formula is C32H21Cl2N3O3. The number of nitrogens with zero attached hydrogens (tertiary/aromatic N) is 2. The van der Waals surface area contributed by atoms with E-state index < -0.39 is 23.2 Å². The summed E-state index contributed by atoms with van der Waals surface area (Å²) < 4.78 is 0. The van der Waals surface area contributed by atoms with Crippen LogP contribution in [0.2, 0.25) is 10.0 Å². The van der Waals surface area contributed by atoms with Crippen molar-refractivity contribution < 1.29 is 14.4 Å². The number of hydrogen-bond donors (Lipinski definition) is 1. The molecule has 40 heavy (non-hydrogen) atoms. The van der Waals surface area contributed by atoms with Crippen LogP contribution < -0.4 is 10.3 Å². The summed E-state index contributed by atoms with van der Waals surface area (Å²) in [7, 11) is 0. The number of hydrazone groups is 1. The van der Waals surface area contributed by atoms with Crippen LogP contribution >= 0.6 is 23.2 Å². The van der Waals surface area contributed by atoms with E-state index in [4.69, 9.17) is 23.2 Å². The van der Waals surface area contributed by atoms with Crippen LogP contribution in [0.3, 0.4) is 0 Å². The Hall–Kier alpha value is -4.26. The van der Waals surface area contributed by atoms with Crippen LogP contribution in [-0.4, -0.2) is 23.9 Å². The minimum atomic E-state index is -1.09. The summed E-state index contributed by atoms with van der Waals surface area (Å²) in [5.41, 5.74) is 6.01. The van der Waals surface area contributed by atoms with E-state index in [0.717, 1.165) is 22.3 Å². The van der Waals surface area contributed by atoms with Crippen molar-refractivity contribution in [3.8, 4) is 0 Å². The van der Waals surface area contributed by atoms with Crippen molar-refractivity contribution in [2.75, 3.05) is 4.90 Å². The van der Waals surface area contributed by atoms with Crippen LogP contribution in [0.25, 0.3) is 0 Å². The maximum Gasteiger partial charge on any atom is 0.271 e. The number of halogens is 2. The number of hydrogen-bond acceptors (Lipinski definition) is 4. The number of carbonyl (C=O) groups excluding carboxylic acids is 3. The van der Waals surface area contributed by atoms with Gasteiger partial charge in [0.25, 0.3) is 5.91 Å². The number of amides is 3. The smallest absolute Gasteiger partial charge is 0.271 e. The third-order valence-corrected chi connectivity index (χ3v) is 8.89. The highest BCUT2D eigenvalue weighted by Crippen LogP contribution is 2.63. The summed E-state index contributed by atoms with van der Waals surface area (Å²) in [5, 5.41) is 5.27. The second-order valence-corrected chi connectivity index (χ2v) is 11.0. The molecule has 2 atom stereocenters. The minimum Gasteiger partial charge on any atom is -0.274 e. The SMILES string of the molecule is O=C(N/N=C\C12c3ccccc3C(c3ccccc31)[C@@H]1C(=O)N(c3ccccc3Cl)C(=O)[C@@H]12)c1ccc(Cl)cc1. The first kappa shape index (κ1) is 24.8. The Morgan fingerprint density at radius 1 is 0.800 bits per heavy atom. The molecule has 1 aliphatic heterocycles. The van der Waals surface area contributed by atoms with Crippen LogP contribution in [0, 0.1) is 11.8 Å². The summed E-state index contributed by atoms with van der Waals surface area (Å²) in [4.78, 5) is 42.7. The lowest BCUT2D eigenvalue weighted by molar-refractivity contribution is -0.122. The minimum absolute atomic E-state index is 0.292.